The van der Waals surface area contributed by atoms with Crippen molar-refractivity contribution in [3.05, 3.63) is 65.0 Å². The monoisotopic (exact) mass is 328 g/mol. The molecular weight excluding hydrogens is 316 g/mol. The Hall–Kier alpha value is -3.41. The number of pyridine rings is 1. The first-order valence-corrected chi connectivity index (χ1v) is 8.16. The summed E-state index contributed by atoms with van der Waals surface area (Å²) in [6, 6.07) is 11.5. The van der Waals surface area contributed by atoms with Crippen LogP contribution in [-0.4, -0.2) is 21.8 Å². The molecule has 0 bridgehead atoms. The highest BCUT2D eigenvalue weighted by molar-refractivity contribution is 6.38. The Morgan fingerprint density at radius 3 is 2.80 bits per heavy atom. The fourth-order valence-corrected chi connectivity index (χ4v) is 4.44. The summed E-state index contributed by atoms with van der Waals surface area (Å²) >= 11 is 0. The van der Waals surface area contributed by atoms with Crippen molar-refractivity contribution in [2.75, 3.05) is 5.32 Å². The van der Waals surface area contributed by atoms with Gasteiger partial charge in [0.05, 0.1) is 11.6 Å². The molecule has 3 aromatic rings. The number of anilines is 1. The number of H-pyrrole nitrogens is 1. The molecule has 0 fully saturated rings. The van der Waals surface area contributed by atoms with E-state index >= 15 is 0 Å². The number of imide groups is 1. The minimum Gasteiger partial charge on any atom is -0.361 e. The lowest BCUT2D eigenvalue weighted by Gasteiger charge is -2.26. The van der Waals surface area contributed by atoms with Crippen LogP contribution < -0.4 is 10.6 Å². The second kappa shape index (κ2) is 4.16. The Labute approximate surface area is 142 Å². The van der Waals surface area contributed by atoms with Crippen LogP contribution in [0.4, 0.5) is 5.82 Å². The van der Waals surface area contributed by atoms with Crippen molar-refractivity contribution < 1.29 is 9.59 Å². The molecule has 0 saturated heterocycles. The second-order valence-electron chi connectivity index (χ2n) is 6.57. The van der Waals surface area contributed by atoms with E-state index in [0.29, 0.717) is 11.1 Å². The molecule has 3 aliphatic rings. The van der Waals surface area contributed by atoms with E-state index in [-0.39, 0.29) is 23.8 Å². The SMILES string of the molecule is O=C1NC(=O)C2=C1c1c([nH]c3ccccc13)C1Nc3ncccc3C21. The minimum atomic E-state index is -0.318. The van der Waals surface area contributed by atoms with Crippen molar-refractivity contribution >= 4 is 34.1 Å². The highest BCUT2D eigenvalue weighted by Crippen LogP contribution is 2.55. The number of carbonyl (C=O) groups is 2. The lowest BCUT2D eigenvalue weighted by Crippen LogP contribution is -2.25. The maximum Gasteiger partial charge on any atom is 0.259 e. The molecule has 1 aliphatic carbocycles. The summed E-state index contributed by atoms with van der Waals surface area (Å²) in [7, 11) is 0. The maximum absolute atomic E-state index is 12.6. The number of hydrogen-bond acceptors (Lipinski definition) is 4. The van der Waals surface area contributed by atoms with Gasteiger partial charge in [-0.2, -0.15) is 0 Å². The minimum absolute atomic E-state index is 0.136. The molecule has 4 heterocycles. The highest BCUT2D eigenvalue weighted by Gasteiger charge is 2.50. The number of aromatic amines is 1. The predicted molar refractivity (Wildman–Crippen MR) is 91.7 cm³/mol. The van der Waals surface area contributed by atoms with E-state index in [1.54, 1.807) is 6.20 Å². The van der Waals surface area contributed by atoms with Crippen LogP contribution in [0.2, 0.25) is 0 Å². The molecule has 6 nitrogen and oxygen atoms in total. The quantitative estimate of drug-likeness (QED) is 0.552. The van der Waals surface area contributed by atoms with Crippen molar-refractivity contribution in [2.45, 2.75) is 12.0 Å². The number of nitrogens with zero attached hydrogens (tertiary/aromatic N) is 1. The average molecular weight is 328 g/mol. The van der Waals surface area contributed by atoms with Gasteiger partial charge >= 0.3 is 0 Å². The summed E-state index contributed by atoms with van der Waals surface area (Å²) in [6.45, 7) is 0. The third kappa shape index (κ3) is 1.43. The molecule has 0 spiro atoms. The summed E-state index contributed by atoms with van der Waals surface area (Å²) in [5.74, 6) is -0.0695. The Bertz CT molecular complexity index is 1160. The van der Waals surface area contributed by atoms with Gasteiger partial charge in [0.1, 0.15) is 5.82 Å². The number of fused-ring (bicyclic) bond motifs is 9. The van der Waals surface area contributed by atoms with E-state index in [4.69, 9.17) is 0 Å². The molecule has 25 heavy (non-hydrogen) atoms. The van der Waals surface area contributed by atoms with E-state index in [0.717, 1.165) is 33.5 Å². The lowest BCUT2D eigenvalue weighted by molar-refractivity contribution is -0.123. The van der Waals surface area contributed by atoms with Crippen LogP contribution in [0.1, 0.15) is 28.8 Å². The Morgan fingerprint density at radius 1 is 1.00 bits per heavy atom. The largest absolute Gasteiger partial charge is 0.361 e. The van der Waals surface area contributed by atoms with Crippen molar-refractivity contribution in [3.8, 4) is 0 Å². The number of rotatable bonds is 0. The zero-order valence-corrected chi connectivity index (χ0v) is 13.0. The molecule has 0 saturated carbocycles. The van der Waals surface area contributed by atoms with Gasteiger partial charge in [-0.3, -0.25) is 14.9 Å². The third-order valence-corrected chi connectivity index (χ3v) is 5.37. The van der Waals surface area contributed by atoms with Gasteiger partial charge in [-0.1, -0.05) is 24.3 Å². The van der Waals surface area contributed by atoms with Gasteiger partial charge < -0.3 is 10.3 Å². The zero-order valence-electron chi connectivity index (χ0n) is 13.0. The summed E-state index contributed by atoms with van der Waals surface area (Å²) in [6.07, 6.45) is 1.73. The molecular formula is C19H12N4O2. The number of amides is 2. The van der Waals surface area contributed by atoms with Crippen molar-refractivity contribution in [2.24, 2.45) is 0 Å². The first-order valence-electron chi connectivity index (χ1n) is 8.16. The average Bonchev–Trinajstić information content (AvgIpc) is 3.26. The van der Waals surface area contributed by atoms with Crippen molar-refractivity contribution in [3.63, 3.8) is 0 Å². The fraction of sp³-hybridized carbons (Fsp3) is 0.105. The number of nitrogens with one attached hydrogen (secondary N) is 3. The molecule has 2 unspecified atom stereocenters. The highest BCUT2D eigenvalue weighted by atomic mass is 16.2. The fourth-order valence-electron chi connectivity index (χ4n) is 4.44. The number of hydrogen-bond donors (Lipinski definition) is 3. The molecule has 6 heteroatoms. The van der Waals surface area contributed by atoms with Crippen molar-refractivity contribution in [1.82, 2.24) is 15.3 Å². The molecule has 2 aromatic heterocycles. The molecule has 120 valence electrons. The molecule has 6 rings (SSSR count). The Balaban J connectivity index is 1.75. The van der Waals surface area contributed by atoms with Crippen molar-refractivity contribution in [1.29, 1.82) is 0 Å². The van der Waals surface area contributed by atoms with E-state index in [1.807, 2.05) is 36.4 Å². The molecule has 3 N–H and O–H groups in total. The van der Waals surface area contributed by atoms with Gasteiger partial charge in [0.2, 0.25) is 0 Å². The number of carbonyl (C=O) groups excluding carboxylic acids is 2. The molecule has 1 aromatic carbocycles. The Kier molecular flexibility index (Phi) is 2.15. The summed E-state index contributed by atoms with van der Waals surface area (Å²) in [4.78, 5) is 33.0. The second-order valence-corrected chi connectivity index (χ2v) is 6.57. The number of benzene rings is 1. The lowest BCUT2D eigenvalue weighted by atomic mass is 9.77. The zero-order chi connectivity index (χ0) is 16.7. The summed E-state index contributed by atoms with van der Waals surface area (Å²) in [5.41, 5.74) is 4.72. The summed E-state index contributed by atoms with van der Waals surface area (Å²) < 4.78 is 0. The van der Waals surface area contributed by atoms with Gasteiger partial charge in [-0.15, -0.1) is 0 Å². The standard InChI is InChI=1S/C19H12N4O2/c24-18-13-11-8-4-1-2-6-10(8)21-15(11)16-12(14(13)19(25)23-18)9-5-3-7-20-17(9)22-16/h1-7,12,16,21H,(H,20,22)(H,23,24,25). The first-order chi connectivity index (χ1) is 12.2. The molecule has 2 aliphatic heterocycles. The van der Waals surface area contributed by atoms with Crippen LogP contribution in [0.25, 0.3) is 16.5 Å². The van der Waals surface area contributed by atoms with Gasteiger partial charge in [0.25, 0.3) is 11.8 Å². The molecule has 2 atom stereocenters. The van der Waals surface area contributed by atoms with Gasteiger partial charge in [0, 0.05) is 45.4 Å². The van der Waals surface area contributed by atoms with Crippen LogP contribution in [0.5, 0.6) is 0 Å². The van der Waals surface area contributed by atoms with E-state index in [1.165, 1.54) is 0 Å². The Morgan fingerprint density at radius 2 is 1.88 bits per heavy atom. The van der Waals surface area contributed by atoms with Crippen LogP contribution in [0, 0.1) is 0 Å². The van der Waals surface area contributed by atoms with Crippen LogP contribution in [-0.2, 0) is 9.59 Å². The summed E-state index contributed by atoms with van der Waals surface area (Å²) in [5, 5.41) is 6.87. The van der Waals surface area contributed by atoms with Crippen LogP contribution in [0.3, 0.4) is 0 Å². The molecule has 0 radical (unpaired) electrons. The topological polar surface area (TPSA) is 86.9 Å². The van der Waals surface area contributed by atoms with Gasteiger partial charge in [-0.05, 0) is 12.1 Å². The van der Waals surface area contributed by atoms with Crippen LogP contribution in [0.15, 0.2) is 48.2 Å². The van der Waals surface area contributed by atoms with Gasteiger partial charge in [-0.25, -0.2) is 4.98 Å². The van der Waals surface area contributed by atoms with E-state index in [2.05, 4.69) is 20.6 Å². The molecule has 2 amide bonds. The number of para-hydroxylation sites is 1. The van der Waals surface area contributed by atoms with Gasteiger partial charge in [0.15, 0.2) is 0 Å². The predicted octanol–water partition coefficient (Wildman–Crippen LogP) is 2.24. The van der Waals surface area contributed by atoms with E-state index in [9.17, 15) is 9.59 Å². The number of aromatic nitrogens is 2. The van der Waals surface area contributed by atoms with E-state index < -0.39 is 0 Å². The normalized spacial score (nSPS) is 23.0. The first kappa shape index (κ1) is 12.9. The smallest absolute Gasteiger partial charge is 0.259 e. The third-order valence-electron chi connectivity index (χ3n) is 5.37. The maximum atomic E-state index is 12.6. The van der Waals surface area contributed by atoms with Crippen LogP contribution >= 0.6 is 0 Å².